The van der Waals surface area contributed by atoms with Crippen LogP contribution in [0.15, 0.2) is 41.6 Å². The van der Waals surface area contributed by atoms with Crippen molar-refractivity contribution in [1.29, 1.82) is 0 Å². The standard InChI is InChI=1S/C19H19NO5/c1-21-14-5-3-13(4-6-14)16-10-15(25-20-16)7-12-8-17(22-2)19-18(9-12)23-11-24-19/h3-6,8-9,15H,7,10-11H2,1-2H3/t15-/m1/s1. The van der Waals surface area contributed by atoms with Crippen LogP contribution in [0.5, 0.6) is 23.0 Å². The van der Waals surface area contributed by atoms with E-state index in [9.17, 15) is 0 Å². The topological polar surface area (TPSA) is 58.5 Å². The Kier molecular flexibility index (Phi) is 4.09. The Hall–Kier alpha value is -2.89. The minimum atomic E-state index is -0.0119. The molecule has 0 fully saturated rings. The Morgan fingerprint density at radius 2 is 1.92 bits per heavy atom. The third-order valence-electron chi connectivity index (χ3n) is 4.34. The lowest BCUT2D eigenvalue weighted by Crippen LogP contribution is -2.12. The van der Waals surface area contributed by atoms with Crippen LogP contribution in [0, 0.1) is 0 Å². The van der Waals surface area contributed by atoms with Gasteiger partial charge in [0.25, 0.3) is 0 Å². The van der Waals surface area contributed by atoms with Gasteiger partial charge in [-0.2, -0.15) is 0 Å². The molecule has 0 radical (unpaired) electrons. The fraction of sp³-hybridized carbons (Fsp3) is 0.316. The van der Waals surface area contributed by atoms with Gasteiger partial charge >= 0.3 is 0 Å². The molecule has 0 aromatic heterocycles. The number of rotatable bonds is 5. The van der Waals surface area contributed by atoms with Gasteiger partial charge in [0.1, 0.15) is 11.9 Å². The molecule has 0 amide bonds. The lowest BCUT2D eigenvalue weighted by Gasteiger charge is -2.11. The monoisotopic (exact) mass is 341 g/mol. The smallest absolute Gasteiger partial charge is 0.231 e. The molecule has 2 aromatic carbocycles. The molecule has 0 bridgehead atoms. The van der Waals surface area contributed by atoms with Gasteiger partial charge < -0.3 is 23.8 Å². The zero-order chi connectivity index (χ0) is 17.2. The molecular weight excluding hydrogens is 322 g/mol. The van der Waals surface area contributed by atoms with Gasteiger partial charge in [-0.25, -0.2) is 0 Å². The van der Waals surface area contributed by atoms with Gasteiger partial charge in [0.15, 0.2) is 11.5 Å². The summed E-state index contributed by atoms with van der Waals surface area (Å²) in [5, 5.41) is 4.24. The fourth-order valence-electron chi connectivity index (χ4n) is 3.06. The summed E-state index contributed by atoms with van der Waals surface area (Å²) in [6.45, 7) is 0.222. The highest BCUT2D eigenvalue weighted by Gasteiger charge is 2.25. The zero-order valence-electron chi connectivity index (χ0n) is 14.2. The maximum absolute atomic E-state index is 5.62. The minimum absolute atomic E-state index is 0.0119. The number of hydrogen-bond donors (Lipinski definition) is 0. The van der Waals surface area contributed by atoms with E-state index in [1.54, 1.807) is 14.2 Å². The second-order valence-electron chi connectivity index (χ2n) is 5.93. The van der Waals surface area contributed by atoms with E-state index >= 15 is 0 Å². The van der Waals surface area contributed by atoms with Crippen molar-refractivity contribution in [3.63, 3.8) is 0 Å². The van der Waals surface area contributed by atoms with E-state index < -0.39 is 0 Å². The summed E-state index contributed by atoms with van der Waals surface area (Å²) in [5.74, 6) is 2.88. The van der Waals surface area contributed by atoms with Crippen LogP contribution < -0.4 is 18.9 Å². The van der Waals surface area contributed by atoms with E-state index in [0.29, 0.717) is 17.2 Å². The first-order valence-corrected chi connectivity index (χ1v) is 8.10. The summed E-state index contributed by atoms with van der Waals surface area (Å²) >= 11 is 0. The van der Waals surface area contributed by atoms with Crippen LogP contribution in [0.1, 0.15) is 17.5 Å². The Labute approximate surface area is 145 Å². The number of methoxy groups -OCH3 is 2. The minimum Gasteiger partial charge on any atom is -0.497 e. The molecular formula is C19H19NO5. The third kappa shape index (κ3) is 3.07. The average Bonchev–Trinajstić information content (AvgIpc) is 3.30. The Morgan fingerprint density at radius 1 is 1.08 bits per heavy atom. The highest BCUT2D eigenvalue weighted by atomic mass is 16.7. The van der Waals surface area contributed by atoms with Gasteiger partial charge in [0.2, 0.25) is 12.5 Å². The van der Waals surface area contributed by atoms with Crippen molar-refractivity contribution in [2.24, 2.45) is 5.16 Å². The van der Waals surface area contributed by atoms with E-state index in [1.165, 1.54) is 0 Å². The van der Waals surface area contributed by atoms with Crippen molar-refractivity contribution >= 4 is 5.71 Å². The number of oxime groups is 1. The number of benzene rings is 2. The number of nitrogens with zero attached hydrogens (tertiary/aromatic N) is 1. The van der Waals surface area contributed by atoms with Gasteiger partial charge in [-0.05, 0) is 47.5 Å². The van der Waals surface area contributed by atoms with Crippen LogP contribution >= 0.6 is 0 Å². The average molecular weight is 341 g/mol. The number of ether oxygens (including phenoxy) is 4. The molecule has 130 valence electrons. The third-order valence-corrected chi connectivity index (χ3v) is 4.34. The summed E-state index contributed by atoms with van der Waals surface area (Å²) in [5.41, 5.74) is 3.06. The second-order valence-corrected chi connectivity index (χ2v) is 5.93. The summed E-state index contributed by atoms with van der Waals surface area (Å²) in [4.78, 5) is 5.62. The Balaban J connectivity index is 1.45. The maximum Gasteiger partial charge on any atom is 0.231 e. The lowest BCUT2D eigenvalue weighted by molar-refractivity contribution is 0.0858. The van der Waals surface area contributed by atoms with Crippen LogP contribution in [0.3, 0.4) is 0 Å². The quantitative estimate of drug-likeness (QED) is 0.836. The zero-order valence-corrected chi connectivity index (χ0v) is 14.2. The van der Waals surface area contributed by atoms with Gasteiger partial charge in [-0.3, -0.25) is 0 Å². The van der Waals surface area contributed by atoms with Crippen LogP contribution in [-0.2, 0) is 11.3 Å². The molecule has 0 spiro atoms. The first kappa shape index (κ1) is 15.6. The number of fused-ring (bicyclic) bond motifs is 1. The molecule has 0 N–H and O–H groups in total. The van der Waals surface area contributed by atoms with Crippen molar-refractivity contribution in [1.82, 2.24) is 0 Å². The second kappa shape index (κ2) is 6.55. The molecule has 0 saturated carbocycles. The Morgan fingerprint density at radius 3 is 2.68 bits per heavy atom. The molecule has 0 saturated heterocycles. The molecule has 0 unspecified atom stereocenters. The molecule has 25 heavy (non-hydrogen) atoms. The first-order valence-electron chi connectivity index (χ1n) is 8.10. The lowest BCUT2D eigenvalue weighted by atomic mass is 10.00. The molecule has 4 rings (SSSR count). The van der Waals surface area contributed by atoms with Crippen LogP contribution in [0.2, 0.25) is 0 Å². The molecule has 6 nitrogen and oxygen atoms in total. The Bertz CT molecular complexity index is 800. The summed E-state index contributed by atoms with van der Waals surface area (Å²) in [7, 11) is 3.28. The molecule has 2 heterocycles. The fourth-order valence-corrected chi connectivity index (χ4v) is 3.06. The van der Waals surface area contributed by atoms with Gasteiger partial charge in [0.05, 0.1) is 19.9 Å². The van der Waals surface area contributed by atoms with Crippen molar-refractivity contribution < 1.29 is 23.8 Å². The summed E-state index contributed by atoms with van der Waals surface area (Å²) in [6.07, 6.45) is 1.46. The van der Waals surface area contributed by atoms with Crippen molar-refractivity contribution in [3.8, 4) is 23.0 Å². The van der Waals surface area contributed by atoms with E-state index in [0.717, 1.165) is 35.4 Å². The summed E-state index contributed by atoms with van der Waals surface area (Å²) in [6, 6.07) is 11.8. The predicted molar refractivity (Wildman–Crippen MR) is 91.8 cm³/mol. The highest BCUT2D eigenvalue weighted by molar-refractivity contribution is 6.01. The van der Waals surface area contributed by atoms with Gasteiger partial charge in [-0.1, -0.05) is 5.16 Å². The first-order chi connectivity index (χ1) is 12.3. The summed E-state index contributed by atoms with van der Waals surface area (Å²) < 4.78 is 21.5. The van der Waals surface area contributed by atoms with Crippen LogP contribution in [0.4, 0.5) is 0 Å². The highest BCUT2D eigenvalue weighted by Crippen LogP contribution is 2.42. The van der Waals surface area contributed by atoms with Crippen molar-refractivity contribution in [2.45, 2.75) is 18.9 Å². The van der Waals surface area contributed by atoms with Crippen LogP contribution in [-0.4, -0.2) is 32.8 Å². The molecule has 1 atom stereocenters. The molecule has 6 heteroatoms. The normalized spacial score (nSPS) is 17.8. The van der Waals surface area contributed by atoms with Crippen molar-refractivity contribution in [3.05, 3.63) is 47.5 Å². The molecule has 2 aromatic rings. The number of hydrogen-bond acceptors (Lipinski definition) is 6. The molecule has 2 aliphatic heterocycles. The van der Waals surface area contributed by atoms with Gasteiger partial charge in [-0.15, -0.1) is 0 Å². The SMILES string of the molecule is COc1ccc(C2=NO[C@H](Cc3cc(OC)c4c(c3)OCO4)C2)cc1. The van der Waals surface area contributed by atoms with Crippen molar-refractivity contribution in [2.75, 3.05) is 21.0 Å². The largest absolute Gasteiger partial charge is 0.497 e. The van der Waals surface area contributed by atoms with E-state index in [4.69, 9.17) is 23.8 Å². The maximum atomic E-state index is 5.62. The van der Waals surface area contributed by atoms with E-state index in [2.05, 4.69) is 5.16 Å². The van der Waals surface area contributed by atoms with E-state index in [1.807, 2.05) is 36.4 Å². The molecule has 0 aliphatic carbocycles. The van der Waals surface area contributed by atoms with Crippen LogP contribution in [0.25, 0.3) is 0 Å². The van der Waals surface area contributed by atoms with E-state index in [-0.39, 0.29) is 12.9 Å². The molecule has 2 aliphatic rings. The van der Waals surface area contributed by atoms with Gasteiger partial charge in [0, 0.05) is 12.8 Å². The predicted octanol–water partition coefficient (Wildman–Crippen LogP) is 3.17.